The number of hydrogen-bond acceptors (Lipinski definition) is 5. The van der Waals surface area contributed by atoms with Crippen molar-refractivity contribution in [1.29, 1.82) is 0 Å². The Morgan fingerprint density at radius 2 is 1.90 bits per heavy atom. The number of carbonyl (C=O) groups excluding carboxylic acids is 3. The third-order valence-electron chi connectivity index (χ3n) is 2.69. The van der Waals surface area contributed by atoms with E-state index in [4.69, 9.17) is 9.47 Å². The van der Waals surface area contributed by atoms with Crippen molar-refractivity contribution in [3.63, 3.8) is 0 Å². The molecule has 6 nitrogen and oxygen atoms in total. The summed E-state index contributed by atoms with van der Waals surface area (Å²) >= 11 is 0. The first kappa shape index (κ1) is 15.9. The van der Waals surface area contributed by atoms with E-state index in [1.165, 1.54) is 6.08 Å². The fraction of sp³-hybridized carbons (Fsp3) is 0.500. The lowest BCUT2D eigenvalue weighted by Gasteiger charge is -2.03. The Balaban J connectivity index is 2.03. The van der Waals surface area contributed by atoms with Crippen LogP contribution in [-0.4, -0.2) is 48.5 Å². The fourth-order valence-corrected chi connectivity index (χ4v) is 1.48. The molecule has 0 radical (unpaired) electrons. The SMILES string of the molecule is C=CC(=O)OCCC=CC(=O)OCCC(=O)N1CC1C. The average molecular weight is 281 g/mol. The number of rotatable bonds is 8. The monoisotopic (exact) mass is 281 g/mol. The van der Waals surface area contributed by atoms with Crippen molar-refractivity contribution >= 4 is 17.8 Å². The van der Waals surface area contributed by atoms with Gasteiger partial charge in [-0.25, -0.2) is 9.59 Å². The molecule has 1 fully saturated rings. The van der Waals surface area contributed by atoms with Gasteiger partial charge in [0.25, 0.3) is 0 Å². The maximum atomic E-state index is 11.4. The number of hydrogen-bond donors (Lipinski definition) is 0. The molecule has 0 aliphatic carbocycles. The zero-order chi connectivity index (χ0) is 15.0. The van der Waals surface area contributed by atoms with Crippen LogP contribution in [0.5, 0.6) is 0 Å². The second-order valence-electron chi connectivity index (χ2n) is 4.38. The molecule has 0 aromatic carbocycles. The molecule has 1 unspecified atom stereocenters. The summed E-state index contributed by atoms with van der Waals surface area (Å²) < 4.78 is 9.60. The maximum absolute atomic E-state index is 11.4. The maximum Gasteiger partial charge on any atom is 0.330 e. The van der Waals surface area contributed by atoms with Crippen LogP contribution in [0.2, 0.25) is 0 Å². The average Bonchev–Trinajstić information content (AvgIpc) is 3.15. The highest BCUT2D eigenvalue weighted by atomic mass is 16.5. The summed E-state index contributed by atoms with van der Waals surface area (Å²) in [4.78, 5) is 35.1. The van der Waals surface area contributed by atoms with Gasteiger partial charge >= 0.3 is 11.9 Å². The minimum Gasteiger partial charge on any atom is -0.462 e. The summed E-state index contributed by atoms with van der Waals surface area (Å²) in [6.07, 6.45) is 4.50. The molecule has 1 saturated heterocycles. The van der Waals surface area contributed by atoms with Gasteiger partial charge in [0.2, 0.25) is 5.91 Å². The lowest BCUT2D eigenvalue weighted by atomic mass is 10.4. The van der Waals surface area contributed by atoms with Crippen LogP contribution in [0.15, 0.2) is 24.8 Å². The first-order chi connectivity index (χ1) is 9.54. The zero-order valence-electron chi connectivity index (χ0n) is 11.5. The predicted molar refractivity (Wildman–Crippen MR) is 71.7 cm³/mol. The molecule has 0 bridgehead atoms. The smallest absolute Gasteiger partial charge is 0.330 e. The molecule has 0 saturated carbocycles. The first-order valence-corrected chi connectivity index (χ1v) is 6.46. The lowest BCUT2D eigenvalue weighted by molar-refractivity contribution is -0.139. The van der Waals surface area contributed by atoms with Crippen LogP contribution in [0.25, 0.3) is 0 Å². The Bertz CT molecular complexity index is 416. The Hall–Kier alpha value is -2.11. The van der Waals surface area contributed by atoms with Crippen molar-refractivity contribution < 1.29 is 23.9 Å². The highest BCUT2D eigenvalue weighted by molar-refractivity contribution is 5.83. The Labute approximate surface area is 118 Å². The number of nitrogens with zero attached hydrogens (tertiary/aromatic N) is 1. The van der Waals surface area contributed by atoms with Gasteiger partial charge in [0.1, 0.15) is 6.61 Å². The van der Waals surface area contributed by atoms with Gasteiger partial charge in [-0.05, 0) is 6.92 Å². The van der Waals surface area contributed by atoms with E-state index in [1.54, 1.807) is 11.0 Å². The number of esters is 2. The standard InChI is InChI=1S/C14H19NO5/c1-3-13(17)19-8-5-4-6-14(18)20-9-7-12(16)15-10-11(15)2/h3-4,6,11H,1,5,7-10H2,2H3. The molecule has 0 spiro atoms. The molecule has 1 amide bonds. The van der Waals surface area contributed by atoms with Gasteiger partial charge in [-0.2, -0.15) is 0 Å². The summed E-state index contributed by atoms with van der Waals surface area (Å²) in [6, 6.07) is 0.316. The summed E-state index contributed by atoms with van der Waals surface area (Å²) in [7, 11) is 0. The van der Waals surface area contributed by atoms with E-state index in [1.807, 2.05) is 6.92 Å². The molecule has 110 valence electrons. The molecule has 0 N–H and O–H groups in total. The normalized spacial score (nSPS) is 16.9. The van der Waals surface area contributed by atoms with E-state index in [0.717, 1.165) is 12.6 Å². The fourth-order valence-electron chi connectivity index (χ4n) is 1.48. The molecule has 0 aromatic rings. The number of ether oxygens (including phenoxy) is 2. The van der Waals surface area contributed by atoms with E-state index in [0.29, 0.717) is 12.5 Å². The van der Waals surface area contributed by atoms with E-state index >= 15 is 0 Å². The van der Waals surface area contributed by atoms with Crippen LogP contribution < -0.4 is 0 Å². The van der Waals surface area contributed by atoms with Crippen molar-refractivity contribution in [3.8, 4) is 0 Å². The summed E-state index contributed by atoms with van der Waals surface area (Å²) in [5.74, 6) is -0.999. The van der Waals surface area contributed by atoms with E-state index in [2.05, 4.69) is 6.58 Å². The molecular formula is C14H19NO5. The van der Waals surface area contributed by atoms with Gasteiger partial charge in [0, 0.05) is 31.2 Å². The molecular weight excluding hydrogens is 262 g/mol. The van der Waals surface area contributed by atoms with Crippen molar-refractivity contribution in [1.82, 2.24) is 4.90 Å². The third kappa shape index (κ3) is 6.17. The Kier molecular flexibility index (Phi) is 6.49. The second-order valence-corrected chi connectivity index (χ2v) is 4.38. The van der Waals surface area contributed by atoms with Crippen LogP contribution >= 0.6 is 0 Å². The van der Waals surface area contributed by atoms with Gasteiger partial charge in [0.05, 0.1) is 13.0 Å². The number of amides is 1. The molecule has 1 rings (SSSR count). The molecule has 6 heteroatoms. The first-order valence-electron chi connectivity index (χ1n) is 6.46. The van der Waals surface area contributed by atoms with Gasteiger partial charge < -0.3 is 14.4 Å². The third-order valence-corrected chi connectivity index (χ3v) is 2.69. The quantitative estimate of drug-likeness (QED) is 0.285. The molecule has 1 aliphatic heterocycles. The van der Waals surface area contributed by atoms with Gasteiger partial charge in [-0.1, -0.05) is 12.7 Å². The van der Waals surface area contributed by atoms with Crippen molar-refractivity contribution in [2.24, 2.45) is 0 Å². The van der Waals surface area contributed by atoms with Crippen molar-refractivity contribution in [2.45, 2.75) is 25.8 Å². The summed E-state index contributed by atoms with van der Waals surface area (Å²) in [5.41, 5.74) is 0. The van der Waals surface area contributed by atoms with Crippen LogP contribution in [0, 0.1) is 0 Å². The lowest BCUT2D eigenvalue weighted by Crippen LogP contribution is -2.16. The molecule has 1 heterocycles. The molecule has 0 aromatic heterocycles. The number of carbonyl (C=O) groups is 3. The van der Waals surface area contributed by atoms with Crippen molar-refractivity contribution in [2.75, 3.05) is 19.8 Å². The van der Waals surface area contributed by atoms with Crippen molar-refractivity contribution in [3.05, 3.63) is 24.8 Å². The summed E-state index contributed by atoms with van der Waals surface area (Å²) in [5, 5.41) is 0. The van der Waals surface area contributed by atoms with E-state index < -0.39 is 11.9 Å². The highest BCUT2D eigenvalue weighted by Crippen LogP contribution is 2.16. The van der Waals surface area contributed by atoms with Crippen LogP contribution in [0.3, 0.4) is 0 Å². The summed E-state index contributed by atoms with van der Waals surface area (Å²) in [6.45, 7) is 6.27. The van der Waals surface area contributed by atoms with Gasteiger partial charge in [-0.3, -0.25) is 4.79 Å². The minimum absolute atomic E-state index is 0.00520. The molecule has 20 heavy (non-hydrogen) atoms. The zero-order valence-corrected chi connectivity index (χ0v) is 11.5. The Morgan fingerprint density at radius 1 is 1.25 bits per heavy atom. The molecule has 1 aliphatic rings. The predicted octanol–water partition coefficient (Wildman–Crippen LogP) is 0.826. The second kappa shape index (κ2) is 8.14. The van der Waals surface area contributed by atoms with Crippen LogP contribution in [-0.2, 0) is 23.9 Å². The Morgan fingerprint density at radius 3 is 2.50 bits per heavy atom. The van der Waals surface area contributed by atoms with Gasteiger partial charge in [-0.15, -0.1) is 0 Å². The van der Waals surface area contributed by atoms with Crippen LogP contribution in [0.4, 0.5) is 0 Å². The minimum atomic E-state index is -0.508. The largest absolute Gasteiger partial charge is 0.462 e. The highest BCUT2D eigenvalue weighted by Gasteiger charge is 2.33. The van der Waals surface area contributed by atoms with Crippen LogP contribution in [0.1, 0.15) is 19.8 Å². The topological polar surface area (TPSA) is 72.7 Å². The van der Waals surface area contributed by atoms with Gasteiger partial charge in [0.15, 0.2) is 0 Å². The molecule has 1 atom stereocenters. The van der Waals surface area contributed by atoms with E-state index in [-0.39, 0.29) is 25.5 Å². The van der Waals surface area contributed by atoms with E-state index in [9.17, 15) is 14.4 Å².